The summed E-state index contributed by atoms with van der Waals surface area (Å²) >= 11 is 0. The first-order valence-corrected chi connectivity index (χ1v) is 9.09. The van der Waals surface area contributed by atoms with Crippen LogP contribution in [0.3, 0.4) is 0 Å². The van der Waals surface area contributed by atoms with Crippen LogP contribution in [0.2, 0.25) is 0 Å². The molecule has 2 aromatic carbocycles. The predicted molar refractivity (Wildman–Crippen MR) is 110 cm³/mol. The maximum absolute atomic E-state index is 12.4. The van der Waals surface area contributed by atoms with Crippen LogP contribution in [-0.4, -0.2) is 22.3 Å². The second-order valence-electron chi connectivity index (χ2n) is 6.58. The van der Waals surface area contributed by atoms with Gasteiger partial charge in [0.1, 0.15) is 11.3 Å². The summed E-state index contributed by atoms with van der Waals surface area (Å²) < 4.78 is 12.5. The Morgan fingerprint density at radius 3 is 2.66 bits per heavy atom. The van der Waals surface area contributed by atoms with Crippen LogP contribution in [0, 0.1) is 13.8 Å². The van der Waals surface area contributed by atoms with E-state index in [2.05, 4.69) is 10.4 Å². The van der Waals surface area contributed by atoms with Gasteiger partial charge in [0.25, 0.3) is 5.91 Å². The Kier molecular flexibility index (Phi) is 4.87. The minimum Gasteiger partial charge on any atom is -0.484 e. The number of aryl methyl sites for hydroxylation is 1. The van der Waals surface area contributed by atoms with Gasteiger partial charge in [-0.3, -0.25) is 4.79 Å². The van der Waals surface area contributed by atoms with Crippen molar-refractivity contribution < 1.29 is 13.9 Å². The number of rotatable bonds is 5. The smallest absolute Gasteiger partial charge is 0.336 e. The number of hydrogen-bond acceptors (Lipinski definition) is 5. The fourth-order valence-electron chi connectivity index (χ4n) is 3.10. The molecule has 29 heavy (non-hydrogen) atoms. The van der Waals surface area contributed by atoms with E-state index in [0.717, 1.165) is 16.8 Å². The summed E-state index contributed by atoms with van der Waals surface area (Å²) in [5.74, 6) is 0.133. The minimum absolute atomic E-state index is 0.183. The Morgan fingerprint density at radius 1 is 1.10 bits per heavy atom. The number of hydrogen-bond donors (Lipinski definition) is 1. The first kappa shape index (κ1) is 18.5. The van der Waals surface area contributed by atoms with Crippen LogP contribution in [-0.2, 0) is 4.79 Å². The van der Waals surface area contributed by atoms with E-state index >= 15 is 0 Å². The third-order valence-electron chi connectivity index (χ3n) is 4.52. The predicted octanol–water partition coefficient (Wildman–Crippen LogP) is 3.61. The van der Waals surface area contributed by atoms with Crippen molar-refractivity contribution in [1.82, 2.24) is 9.78 Å². The van der Waals surface area contributed by atoms with Crippen molar-refractivity contribution >= 4 is 22.6 Å². The zero-order valence-electron chi connectivity index (χ0n) is 16.0. The molecule has 0 spiro atoms. The van der Waals surface area contributed by atoms with E-state index in [1.165, 1.54) is 6.07 Å². The maximum atomic E-state index is 12.4. The highest BCUT2D eigenvalue weighted by Gasteiger charge is 2.15. The molecule has 0 unspecified atom stereocenters. The molecule has 0 saturated carbocycles. The van der Waals surface area contributed by atoms with Crippen molar-refractivity contribution in [3.8, 4) is 11.4 Å². The average Bonchev–Trinajstić information content (AvgIpc) is 3.01. The number of para-hydroxylation sites is 1. The second-order valence-corrected chi connectivity index (χ2v) is 6.58. The van der Waals surface area contributed by atoms with Gasteiger partial charge in [0.05, 0.1) is 22.8 Å². The Balaban J connectivity index is 1.46. The SMILES string of the molecule is Cc1nn(-c2ccccc2)c(C)c1NC(=O)COc1ccc2ccc(=O)oc2c1. The van der Waals surface area contributed by atoms with E-state index in [0.29, 0.717) is 22.7 Å². The standard InChI is InChI=1S/C22H19N3O4/c1-14-22(15(2)25(24-14)17-6-4-3-5-7-17)23-20(26)13-28-18-10-8-16-9-11-21(27)29-19(16)12-18/h3-12H,13H2,1-2H3,(H,23,26). The number of nitrogens with one attached hydrogen (secondary N) is 1. The number of fused-ring (bicyclic) bond motifs is 1. The van der Waals surface area contributed by atoms with Crippen molar-refractivity contribution in [2.24, 2.45) is 0 Å². The lowest BCUT2D eigenvalue weighted by Crippen LogP contribution is -2.21. The number of aromatic nitrogens is 2. The van der Waals surface area contributed by atoms with Gasteiger partial charge in [-0.15, -0.1) is 0 Å². The molecule has 7 nitrogen and oxygen atoms in total. The Bertz CT molecular complexity index is 1240. The summed E-state index contributed by atoms with van der Waals surface area (Å²) in [6.45, 7) is 3.56. The highest BCUT2D eigenvalue weighted by molar-refractivity contribution is 5.93. The van der Waals surface area contributed by atoms with Gasteiger partial charge in [-0.1, -0.05) is 18.2 Å². The number of ether oxygens (including phenoxy) is 1. The molecule has 0 saturated heterocycles. The Hall–Kier alpha value is -3.87. The fraction of sp³-hybridized carbons (Fsp3) is 0.136. The summed E-state index contributed by atoms with van der Waals surface area (Å²) in [4.78, 5) is 23.8. The molecule has 0 bridgehead atoms. The molecule has 2 heterocycles. The van der Waals surface area contributed by atoms with E-state index in [1.54, 1.807) is 28.9 Å². The normalized spacial score (nSPS) is 10.8. The summed E-state index contributed by atoms with van der Waals surface area (Å²) in [6, 6.07) is 17.8. The number of anilines is 1. The van der Waals surface area contributed by atoms with Gasteiger partial charge >= 0.3 is 5.63 Å². The lowest BCUT2D eigenvalue weighted by atomic mass is 10.2. The largest absolute Gasteiger partial charge is 0.484 e. The van der Waals surface area contributed by atoms with Crippen molar-refractivity contribution in [3.05, 3.63) is 82.5 Å². The number of carbonyl (C=O) groups excluding carboxylic acids is 1. The van der Waals surface area contributed by atoms with Gasteiger partial charge < -0.3 is 14.5 Å². The second kappa shape index (κ2) is 7.63. The number of nitrogens with zero attached hydrogens (tertiary/aromatic N) is 2. The average molecular weight is 389 g/mol. The van der Waals surface area contributed by atoms with Crippen LogP contribution in [0.15, 0.2) is 69.9 Å². The minimum atomic E-state index is -0.436. The zero-order valence-corrected chi connectivity index (χ0v) is 16.0. The number of benzene rings is 2. The molecule has 4 rings (SSSR count). The quantitative estimate of drug-likeness (QED) is 0.527. The van der Waals surface area contributed by atoms with Crippen LogP contribution in [0.25, 0.3) is 16.7 Å². The zero-order chi connectivity index (χ0) is 20.4. The first-order valence-electron chi connectivity index (χ1n) is 9.09. The molecule has 1 N–H and O–H groups in total. The molecule has 0 aliphatic carbocycles. The fourth-order valence-corrected chi connectivity index (χ4v) is 3.10. The van der Waals surface area contributed by atoms with Gasteiger partial charge in [-0.25, -0.2) is 9.48 Å². The molecule has 0 atom stereocenters. The molecular weight excluding hydrogens is 370 g/mol. The third-order valence-corrected chi connectivity index (χ3v) is 4.52. The molecule has 146 valence electrons. The van der Waals surface area contributed by atoms with Crippen molar-refractivity contribution in [3.63, 3.8) is 0 Å². The van der Waals surface area contributed by atoms with Crippen LogP contribution in [0.1, 0.15) is 11.4 Å². The van der Waals surface area contributed by atoms with Gasteiger partial charge in [-0.2, -0.15) is 5.10 Å². The van der Waals surface area contributed by atoms with E-state index in [1.807, 2.05) is 44.2 Å². The van der Waals surface area contributed by atoms with Crippen LogP contribution >= 0.6 is 0 Å². The molecule has 4 aromatic rings. The van der Waals surface area contributed by atoms with E-state index in [-0.39, 0.29) is 12.5 Å². The monoisotopic (exact) mass is 389 g/mol. The third kappa shape index (κ3) is 3.89. The van der Waals surface area contributed by atoms with Crippen molar-refractivity contribution in [2.75, 3.05) is 11.9 Å². The van der Waals surface area contributed by atoms with Gasteiger partial charge in [0.2, 0.25) is 0 Å². The van der Waals surface area contributed by atoms with E-state index < -0.39 is 5.63 Å². The Morgan fingerprint density at radius 2 is 1.86 bits per heavy atom. The van der Waals surface area contributed by atoms with Crippen molar-refractivity contribution in [1.29, 1.82) is 0 Å². The molecular formula is C22H19N3O4. The Labute approximate surface area is 166 Å². The highest BCUT2D eigenvalue weighted by Crippen LogP contribution is 2.23. The van der Waals surface area contributed by atoms with Crippen LogP contribution < -0.4 is 15.7 Å². The van der Waals surface area contributed by atoms with E-state index in [9.17, 15) is 9.59 Å². The van der Waals surface area contributed by atoms with Gasteiger partial charge in [-0.05, 0) is 44.2 Å². The van der Waals surface area contributed by atoms with Gasteiger partial charge in [0, 0.05) is 17.5 Å². The van der Waals surface area contributed by atoms with E-state index in [4.69, 9.17) is 9.15 Å². The van der Waals surface area contributed by atoms with Crippen LogP contribution in [0.5, 0.6) is 5.75 Å². The summed E-state index contributed by atoms with van der Waals surface area (Å²) in [7, 11) is 0. The molecule has 0 aliphatic rings. The summed E-state index contributed by atoms with van der Waals surface area (Å²) in [5.41, 5.74) is 3.09. The van der Waals surface area contributed by atoms with Crippen LogP contribution in [0.4, 0.5) is 5.69 Å². The molecule has 2 aromatic heterocycles. The summed E-state index contributed by atoms with van der Waals surface area (Å²) in [5, 5.41) is 8.16. The maximum Gasteiger partial charge on any atom is 0.336 e. The molecule has 0 fully saturated rings. The molecule has 1 amide bonds. The van der Waals surface area contributed by atoms with Crippen molar-refractivity contribution in [2.45, 2.75) is 13.8 Å². The van der Waals surface area contributed by atoms with Gasteiger partial charge in [0.15, 0.2) is 6.61 Å². The lowest BCUT2D eigenvalue weighted by Gasteiger charge is -2.09. The lowest BCUT2D eigenvalue weighted by molar-refractivity contribution is -0.118. The highest BCUT2D eigenvalue weighted by atomic mass is 16.5. The number of carbonyl (C=O) groups is 1. The number of amides is 1. The first-order chi connectivity index (χ1) is 14.0. The molecule has 0 aliphatic heterocycles. The topological polar surface area (TPSA) is 86.4 Å². The molecule has 0 radical (unpaired) electrons. The summed E-state index contributed by atoms with van der Waals surface area (Å²) in [6.07, 6.45) is 0. The molecule has 7 heteroatoms.